The molecule has 0 radical (unpaired) electrons. The van der Waals surface area contributed by atoms with Gasteiger partial charge in [0.1, 0.15) is 0 Å². The van der Waals surface area contributed by atoms with Crippen molar-refractivity contribution in [2.75, 3.05) is 13.1 Å². The van der Waals surface area contributed by atoms with Gasteiger partial charge in [-0.3, -0.25) is 0 Å². The molecule has 0 aromatic heterocycles. The molecular weight excluding hydrogens is 388 g/mol. The highest BCUT2D eigenvalue weighted by molar-refractivity contribution is 9.10. The molecule has 2 aromatic rings. The van der Waals surface area contributed by atoms with E-state index in [-0.39, 0.29) is 19.0 Å². The number of benzene rings is 2. The molecule has 4 nitrogen and oxygen atoms in total. The molecule has 24 heavy (non-hydrogen) atoms. The molecule has 1 aliphatic rings. The minimum absolute atomic E-state index is 0.174. The lowest BCUT2D eigenvalue weighted by atomic mass is 9.99. The SMILES string of the molecule is Cc1ccc(S(=O)(=O)[C@@H]2[C@@H](c3ccc(Br)cc3)C2(CN)CN)cc1. The molecule has 1 fully saturated rings. The predicted octanol–water partition coefficient (Wildman–Crippen LogP) is 2.60. The fourth-order valence-electron chi connectivity index (χ4n) is 3.56. The molecule has 0 bridgehead atoms. The Kier molecular flexibility index (Phi) is 4.59. The largest absolute Gasteiger partial charge is 0.330 e. The van der Waals surface area contributed by atoms with Gasteiger partial charge in [0, 0.05) is 28.9 Å². The molecule has 128 valence electrons. The maximum Gasteiger partial charge on any atom is 0.182 e. The number of halogens is 1. The number of sulfone groups is 1. The molecule has 3 rings (SSSR count). The fourth-order valence-corrected chi connectivity index (χ4v) is 6.30. The van der Waals surface area contributed by atoms with Crippen LogP contribution in [0.2, 0.25) is 0 Å². The molecule has 2 atom stereocenters. The highest BCUT2D eigenvalue weighted by Crippen LogP contribution is 2.63. The molecule has 0 amide bonds. The van der Waals surface area contributed by atoms with Crippen molar-refractivity contribution in [1.82, 2.24) is 0 Å². The molecular formula is C18H21BrN2O2S. The predicted molar refractivity (Wildman–Crippen MR) is 99.6 cm³/mol. The van der Waals surface area contributed by atoms with Crippen LogP contribution in [0.1, 0.15) is 17.0 Å². The van der Waals surface area contributed by atoms with Crippen molar-refractivity contribution in [3.05, 3.63) is 64.1 Å². The van der Waals surface area contributed by atoms with Crippen molar-refractivity contribution < 1.29 is 8.42 Å². The van der Waals surface area contributed by atoms with Crippen LogP contribution in [0.25, 0.3) is 0 Å². The van der Waals surface area contributed by atoms with E-state index in [2.05, 4.69) is 15.9 Å². The summed E-state index contributed by atoms with van der Waals surface area (Å²) in [5, 5.41) is -0.580. The number of nitrogens with two attached hydrogens (primary N) is 2. The van der Waals surface area contributed by atoms with Crippen molar-refractivity contribution in [3.8, 4) is 0 Å². The molecule has 2 aromatic carbocycles. The van der Waals surface area contributed by atoms with E-state index in [1.54, 1.807) is 12.1 Å². The Labute approximate surface area is 151 Å². The topological polar surface area (TPSA) is 86.2 Å². The molecule has 0 spiro atoms. The average molecular weight is 409 g/mol. The summed E-state index contributed by atoms with van der Waals surface area (Å²) >= 11 is 3.41. The van der Waals surface area contributed by atoms with Gasteiger partial charge in [-0.25, -0.2) is 8.42 Å². The van der Waals surface area contributed by atoms with Gasteiger partial charge in [-0.15, -0.1) is 0 Å². The molecule has 0 unspecified atom stereocenters. The van der Waals surface area contributed by atoms with Crippen molar-refractivity contribution in [3.63, 3.8) is 0 Å². The zero-order chi connectivity index (χ0) is 17.5. The molecule has 0 aliphatic heterocycles. The van der Waals surface area contributed by atoms with Gasteiger partial charge >= 0.3 is 0 Å². The quantitative estimate of drug-likeness (QED) is 0.795. The normalized spacial score (nSPS) is 22.3. The van der Waals surface area contributed by atoms with E-state index < -0.39 is 20.5 Å². The van der Waals surface area contributed by atoms with Crippen LogP contribution in [0.15, 0.2) is 57.9 Å². The highest BCUT2D eigenvalue weighted by Gasteiger charge is 2.69. The van der Waals surface area contributed by atoms with Crippen LogP contribution in [-0.2, 0) is 9.84 Å². The van der Waals surface area contributed by atoms with E-state index >= 15 is 0 Å². The van der Waals surface area contributed by atoms with E-state index in [1.165, 1.54) is 0 Å². The first-order chi connectivity index (χ1) is 11.4. The number of rotatable bonds is 5. The first-order valence-electron chi connectivity index (χ1n) is 7.83. The third-order valence-corrected chi connectivity index (χ3v) is 7.92. The van der Waals surface area contributed by atoms with Crippen LogP contribution in [-0.4, -0.2) is 26.8 Å². The summed E-state index contributed by atoms with van der Waals surface area (Å²) in [4.78, 5) is 0.337. The minimum atomic E-state index is -3.49. The van der Waals surface area contributed by atoms with Gasteiger partial charge in [0.2, 0.25) is 0 Å². The minimum Gasteiger partial charge on any atom is -0.330 e. The Hall–Kier alpha value is -1.21. The smallest absolute Gasteiger partial charge is 0.182 e. The maximum absolute atomic E-state index is 13.2. The van der Waals surface area contributed by atoms with Gasteiger partial charge in [0.15, 0.2) is 9.84 Å². The van der Waals surface area contributed by atoms with Crippen LogP contribution in [0, 0.1) is 12.3 Å². The monoisotopic (exact) mass is 408 g/mol. The first kappa shape index (κ1) is 17.6. The summed E-state index contributed by atoms with van der Waals surface area (Å²) in [6, 6.07) is 14.7. The molecule has 1 aliphatic carbocycles. The summed E-state index contributed by atoms with van der Waals surface area (Å²) in [5.41, 5.74) is 13.3. The Balaban J connectivity index is 2.04. The lowest BCUT2D eigenvalue weighted by molar-refractivity contribution is 0.510. The molecule has 6 heteroatoms. The molecule has 4 N–H and O–H groups in total. The lowest BCUT2D eigenvalue weighted by Gasteiger charge is -2.13. The van der Waals surface area contributed by atoms with Crippen LogP contribution in [0.3, 0.4) is 0 Å². The first-order valence-corrected chi connectivity index (χ1v) is 10.2. The molecule has 0 heterocycles. The lowest BCUT2D eigenvalue weighted by Crippen LogP contribution is -2.31. The highest BCUT2D eigenvalue weighted by atomic mass is 79.9. The van der Waals surface area contributed by atoms with Gasteiger partial charge in [0.25, 0.3) is 0 Å². The summed E-state index contributed by atoms with van der Waals surface area (Å²) < 4.78 is 27.3. The van der Waals surface area contributed by atoms with Gasteiger partial charge in [-0.1, -0.05) is 45.8 Å². The van der Waals surface area contributed by atoms with E-state index in [0.717, 1.165) is 15.6 Å². The molecule has 1 saturated carbocycles. The van der Waals surface area contributed by atoms with E-state index in [4.69, 9.17) is 11.5 Å². The second kappa shape index (κ2) is 6.26. The van der Waals surface area contributed by atoms with Crippen molar-refractivity contribution in [1.29, 1.82) is 0 Å². The standard InChI is InChI=1S/C18H21BrN2O2S/c1-12-2-8-15(9-3-12)24(22,23)17-16(18(17,10-20)11-21)13-4-6-14(19)7-5-13/h2-9,16-17H,10-11,20-21H2,1H3/t16-,17-/m1/s1. The third kappa shape index (κ3) is 2.71. The van der Waals surface area contributed by atoms with Crippen LogP contribution in [0.4, 0.5) is 0 Å². The second-order valence-corrected chi connectivity index (χ2v) is 9.43. The second-order valence-electron chi connectivity index (χ2n) is 6.45. The average Bonchev–Trinajstić information content (AvgIpc) is 3.26. The third-order valence-electron chi connectivity index (χ3n) is 5.05. The summed E-state index contributed by atoms with van der Waals surface area (Å²) in [6.07, 6.45) is 0. The van der Waals surface area contributed by atoms with E-state index in [1.807, 2.05) is 43.3 Å². The number of hydrogen-bond acceptors (Lipinski definition) is 4. The van der Waals surface area contributed by atoms with Crippen molar-refractivity contribution in [2.45, 2.75) is 23.0 Å². The maximum atomic E-state index is 13.2. The summed E-state index contributed by atoms with van der Waals surface area (Å²) in [6.45, 7) is 2.43. The van der Waals surface area contributed by atoms with E-state index in [9.17, 15) is 8.42 Å². The molecule has 0 saturated heterocycles. The van der Waals surface area contributed by atoms with Crippen LogP contribution < -0.4 is 11.5 Å². The van der Waals surface area contributed by atoms with Gasteiger partial charge in [-0.2, -0.15) is 0 Å². The summed E-state index contributed by atoms with van der Waals surface area (Å²) in [5.74, 6) is -0.174. The Morgan fingerprint density at radius 2 is 1.54 bits per heavy atom. The van der Waals surface area contributed by atoms with Gasteiger partial charge < -0.3 is 11.5 Å². The van der Waals surface area contributed by atoms with Crippen molar-refractivity contribution >= 4 is 25.8 Å². The Morgan fingerprint density at radius 3 is 2.04 bits per heavy atom. The zero-order valence-corrected chi connectivity index (χ0v) is 15.8. The van der Waals surface area contributed by atoms with Gasteiger partial charge in [-0.05, 0) is 36.8 Å². The summed E-state index contributed by atoms with van der Waals surface area (Å²) in [7, 11) is -3.49. The van der Waals surface area contributed by atoms with Gasteiger partial charge in [0.05, 0.1) is 10.1 Å². The van der Waals surface area contributed by atoms with Crippen molar-refractivity contribution in [2.24, 2.45) is 16.9 Å². The van der Waals surface area contributed by atoms with Crippen LogP contribution in [0.5, 0.6) is 0 Å². The number of hydrogen-bond donors (Lipinski definition) is 2. The fraction of sp³-hybridized carbons (Fsp3) is 0.333. The number of aryl methyl sites for hydroxylation is 1. The Bertz CT molecular complexity index is 828. The Morgan fingerprint density at radius 1 is 1.00 bits per heavy atom. The van der Waals surface area contributed by atoms with Crippen LogP contribution >= 0.6 is 15.9 Å². The zero-order valence-electron chi connectivity index (χ0n) is 13.4. The van der Waals surface area contributed by atoms with E-state index in [0.29, 0.717) is 4.90 Å².